The number of carbonyl (C=O) groups is 1. The maximum absolute atomic E-state index is 12.4. The summed E-state index contributed by atoms with van der Waals surface area (Å²) in [6.07, 6.45) is -2.51. The molecule has 0 N–H and O–H groups in total. The highest BCUT2D eigenvalue weighted by Crippen LogP contribution is 2.26. The lowest BCUT2D eigenvalue weighted by Gasteiger charge is -2.22. The number of rotatable bonds is 5. The van der Waals surface area contributed by atoms with Crippen LogP contribution in [0.25, 0.3) is 0 Å². The second-order valence-electron chi connectivity index (χ2n) is 3.54. The zero-order valence-corrected chi connectivity index (χ0v) is 10.8. The zero-order valence-electron chi connectivity index (χ0n) is 9.95. The van der Waals surface area contributed by atoms with Gasteiger partial charge in [0.2, 0.25) is 0 Å². The fraction of sp³-hybridized carbons (Fsp3) is 0.600. The van der Waals surface area contributed by atoms with Crippen LogP contribution in [0.4, 0.5) is 18.3 Å². The lowest BCUT2D eigenvalue weighted by molar-refractivity contribution is -0.119. The number of ether oxygens (including phenoxy) is 1. The van der Waals surface area contributed by atoms with E-state index in [-0.39, 0.29) is 16.6 Å². The molecule has 4 nitrogen and oxygen atoms in total. The molecule has 102 valence electrons. The highest BCUT2D eigenvalue weighted by Gasteiger charge is 2.31. The molecule has 1 rings (SSSR count). The van der Waals surface area contributed by atoms with Crippen LogP contribution in [0.2, 0.25) is 0 Å². The summed E-state index contributed by atoms with van der Waals surface area (Å²) < 4.78 is 41.7. The molecule has 0 unspecified atom stereocenters. The van der Waals surface area contributed by atoms with E-state index in [1.54, 1.807) is 6.92 Å². The highest BCUT2D eigenvalue weighted by atomic mass is 32.1. The van der Waals surface area contributed by atoms with Gasteiger partial charge in [-0.1, -0.05) is 18.3 Å². The van der Waals surface area contributed by atoms with Gasteiger partial charge in [0, 0.05) is 6.54 Å². The molecule has 1 aromatic heterocycles. The first-order valence-electron chi connectivity index (χ1n) is 5.23. The molecule has 0 saturated heterocycles. The number of alkyl halides is 3. The van der Waals surface area contributed by atoms with Gasteiger partial charge < -0.3 is 9.64 Å². The second-order valence-corrected chi connectivity index (χ2v) is 4.54. The van der Waals surface area contributed by atoms with E-state index in [1.165, 1.54) is 13.3 Å². The van der Waals surface area contributed by atoms with Crippen molar-refractivity contribution in [2.45, 2.75) is 19.5 Å². The number of anilines is 1. The van der Waals surface area contributed by atoms with Gasteiger partial charge in [-0.2, -0.15) is 13.2 Å². The Morgan fingerprint density at radius 2 is 2.22 bits per heavy atom. The van der Waals surface area contributed by atoms with E-state index in [4.69, 9.17) is 0 Å². The number of thiazole rings is 1. The molecule has 0 amide bonds. The molecule has 0 spiro atoms. The zero-order chi connectivity index (χ0) is 13.8. The van der Waals surface area contributed by atoms with Gasteiger partial charge in [-0.05, 0) is 6.42 Å². The summed E-state index contributed by atoms with van der Waals surface area (Å²) in [5.41, 5.74) is 0. The van der Waals surface area contributed by atoms with Crippen molar-refractivity contribution >= 4 is 22.4 Å². The van der Waals surface area contributed by atoms with Crippen molar-refractivity contribution < 1.29 is 22.7 Å². The number of hydrogen-bond acceptors (Lipinski definition) is 5. The number of nitrogens with zero attached hydrogens (tertiary/aromatic N) is 2. The summed E-state index contributed by atoms with van der Waals surface area (Å²) in [7, 11) is 1.21. The normalized spacial score (nSPS) is 11.4. The third kappa shape index (κ3) is 4.17. The minimum absolute atomic E-state index is 0.176. The molecule has 0 aliphatic heterocycles. The average molecular weight is 282 g/mol. The smallest absolute Gasteiger partial charge is 0.406 e. The van der Waals surface area contributed by atoms with Crippen LogP contribution < -0.4 is 4.90 Å². The largest absolute Gasteiger partial charge is 0.465 e. The van der Waals surface area contributed by atoms with E-state index in [2.05, 4.69) is 9.72 Å². The number of halogens is 3. The van der Waals surface area contributed by atoms with E-state index in [9.17, 15) is 18.0 Å². The minimum atomic E-state index is -4.30. The molecule has 0 bridgehead atoms. The molecule has 0 fully saturated rings. The monoisotopic (exact) mass is 282 g/mol. The molecule has 1 aromatic rings. The Balaban J connectivity index is 2.85. The maximum Gasteiger partial charge on any atom is 0.406 e. The Kier molecular flexibility index (Phi) is 4.94. The lowest BCUT2D eigenvalue weighted by atomic mass is 10.4. The van der Waals surface area contributed by atoms with Crippen molar-refractivity contribution in [2.75, 3.05) is 25.1 Å². The molecule has 18 heavy (non-hydrogen) atoms. The molecule has 0 atom stereocenters. The molecule has 0 radical (unpaired) electrons. The van der Waals surface area contributed by atoms with E-state index in [0.29, 0.717) is 6.42 Å². The number of aromatic nitrogens is 1. The van der Waals surface area contributed by atoms with Crippen LogP contribution in [0, 0.1) is 0 Å². The van der Waals surface area contributed by atoms with Gasteiger partial charge in [-0.25, -0.2) is 9.78 Å². The summed E-state index contributed by atoms with van der Waals surface area (Å²) >= 11 is 0.895. The van der Waals surface area contributed by atoms with Gasteiger partial charge in [-0.3, -0.25) is 0 Å². The standard InChI is InChI=1S/C10H13F3N2O2S/c1-3-4-15(6-10(11,12)13)9-14-5-7(18-9)8(16)17-2/h5H,3-4,6H2,1-2H3. The quantitative estimate of drug-likeness (QED) is 0.779. The number of esters is 1. The summed E-state index contributed by atoms with van der Waals surface area (Å²) in [5.74, 6) is -0.595. The Labute approximate surface area is 106 Å². The van der Waals surface area contributed by atoms with Crippen LogP contribution in [0.15, 0.2) is 6.20 Å². The molecular formula is C10H13F3N2O2S. The Bertz CT molecular complexity index is 406. The first-order chi connectivity index (χ1) is 8.37. The van der Waals surface area contributed by atoms with Crippen molar-refractivity contribution in [3.63, 3.8) is 0 Å². The summed E-state index contributed by atoms with van der Waals surface area (Å²) in [5, 5.41) is 0.176. The Morgan fingerprint density at radius 3 is 2.72 bits per heavy atom. The van der Waals surface area contributed by atoms with Crippen molar-refractivity contribution in [2.24, 2.45) is 0 Å². The van der Waals surface area contributed by atoms with Crippen molar-refractivity contribution in [3.05, 3.63) is 11.1 Å². The van der Waals surface area contributed by atoms with Gasteiger partial charge in [-0.15, -0.1) is 0 Å². The van der Waals surface area contributed by atoms with Crippen LogP contribution >= 0.6 is 11.3 Å². The molecule has 1 heterocycles. The summed E-state index contributed by atoms with van der Waals surface area (Å²) in [4.78, 5) is 16.3. The van der Waals surface area contributed by atoms with E-state index in [0.717, 1.165) is 16.2 Å². The van der Waals surface area contributed by atoms with E-state index in [1.807, 2.05) is 0 Å². The van der Waals surface area contributed by atoms with Crippen LogP contribution in [-0.2, 0) is 4.74 Å². The van der Waals surface area contributed by atoms with Crippen molar-refractivity contribution in [1.82, 2.24) is 4.98 Å². The van der Waals surface area contributed by atoms with Gasteiger partial charge in [0.1, 0.15) is 11.4 Å². The fourth-order valence-corrected chi connectivity index (χ4v) is 2.19. The Morgan fingerprint density at radius 1 is 1.56 bits per heavy atom. The molecule has 0 aliphatic carbocycles. The molecule has 0 aromatic carbocycles. The van der Waals surface area contributed by atoms with Crippen molar-refractivity contribution in [3.8, 4) is 0 Å². The topological polar surface area (TPSA) is 42.4 Å². The third-order valence-electron chi connectivity index (χ3n) is 2.01. The lowest BCUT2D eigenvalue weighted by Crippen LogP contribution is -2.34. The predicted octanol–water partition coefficient (Wildman–Crippen LogP) is 2.71. The van der Waals surface area contributed by atoms with Gasteiger partial charge in [0.05, 0.1) is 13.3 Å². The Hall–Kier alpha value is -1.31. The molecular weight excluding hydrogens is 269 g/mol. The molecule has 0 saturated carbocycles. The van der Waals surface area contributed by atoms with Crippen LogP contribution in [0.1, 0.15) is 23.0 Å². The molecule has 0 aliphatic rings. The maximum atomic E-state index is 12.4. The molecule has 8 heteroatoms. The van der Waals surface area contributed by atoms with E-state index >= 15 is 0 Å². The SMILES string of the molecule is CCCN(CC(F)(F)F)c1ncc(C(=O)OC)s1. The minimum Gasteiger partial charge on any atom is -0.465 e. The predicted molar refractivity (Wildman–Crippen MR) is 62.0 cm³/mol. The first kappa shape index (κ1) is 14.7. The van der Waals surface area contributed by atoms with Crippen molar-refractivity contribution in [1.29, 1.82) is 0 Å². The highest BCUT2D eigenvalue weighted by molar-refractivity contribution is 7.17. The number of carbonyl (C=O) groups excluding carboxylic acids is 1. The fourth-order valence-electron chi connectivity index (χ4n) is 1.33. The summed E-state index contributed by atoms with van der Waals surface area (Å²) in [6.45, 7) is 0.931. The van der Waals surface area contributed by atoms with Gasteiger partial charge in [0.25, 0.3) is 0 Å². The van der Waals surface area contributed by atoms with Crippen LogP contribution in [0.5, 0.6) is 0 Å². The average Bonchev–Trinajstić information content (AvgIpc) is 2.75. The van der Waals surface area contributed by atoms with Crippen LogP contribution in [-0.4, -0.2) is 37.3 Å². The van der Waals surface area contributed by atoms with Gasteiger partial charge in [0.15, 0.2) is 5.13 Å². The first-order valence-corrected chi connectivity index (χ1v) is 6.05. The summed E-state index contributed by atoms with van der Waals surface area (Å²) in [6, 6.07) is 0. The third-order valence-corrected chi connectivity index (χ3v) is 3.05. The number of methoxy groups -OCH3 is 1. The number of hydrogen-bond donors (Lipinski definition) is 0. The van der Waals surface area contributed by atoms with E-state index < -0.39 is 18.7 Å². The second kappa shape index (κ2) is 6.03. The van der Waals surface area contributed by atoms with Crippen LogP contribution in [0.3, 0.4) is 0 Å². The van der Waals surface area contributed by atoms with Gasteiger partial charge >= 0.3 is 12.1 Å².